The molecule has 14 heavy (non-hydrogen) atoms. The van der Waals surface area contributed by atoms with E-state index in [2.05, 4.69) is 10.1 Å². The van der Waals surface area contributed by atoms with Gasteiger partial charge in [-0.05, 0) is 12.8 Å². The van der Waals surface area contributed by atoms with Crippen molar-refractivity contribution in [3.63, 3.8) is 0 Å². The number of aryl methyl sites for hydroxylation is 1. The fourth-order valence-electron chi connectivity index (χ4n) is 1.51. The van der Waals surface area contributed by atoms with Crippen LogP contribution in [-0.2, 0) is 11.8 Å². The Morgan fingerprint density at radius 2 is 2.36 bits per heavy atom. The number of methoxy groups -OCH3 is 1. The third kappa shape index (κ3) is 1.78. The molecule has 1 aliphatic carbocycles. The molecule has 5 nitrogen and oxygen atoms in total. The van der Waals surface area contributed by atoms with Crippen molar-refractivity contribution >= 4 is 0 Å². The number of ether oxygens (including phenoxy) is 1. The van der Waals surface area contributed by atoms with Gasteiger partial charge in [0, 0.05) is 20.1 Å². The van der Waals surface area contributed by atoms with Crippen LogP contribution in [0.3, 0.4) is 0 Å². The summed E-state index contributed by atoms with van der Waals surface area (Å²) >= 11 is 0. The molecule has 0 aromatic carbocycles. The Hall–Kier alpha value is -0.940. The van der Waals surface area contributed by atoms with Gasteiger partial charge in [-0.15, -0.1) is 0 Å². The fraction of sp³-hybridized carbons (Fsp3) is 0.778. The first-order chi connectivity index (χ1) is 6.72. The van der Waals surface area contributed by atoms with Crippen LogP contribution in [-0.4, -0.2) is 28.5 Å². The monoisotopic (exact) mass is 196 g/mol. The molecule has 1 unspecified atom stereocenters. The average molecular weight is 196 g/mol. The van der Waals surface area contributed by atoms with Gasteiger partial charge in [0.1, 0.15) is 5.82 Å². The van der Waals surface area contributed by atoms with Crippen LogP contribution in [0.4, 0.5) is 0 Å². The number of nitrogens with two attached hydrogens (primary N) is 1. The molecule has 0 amide bonds. The van der Waals surface area contributed by atoms with Crippen molar-refractivity contribution in [1.29, 1.82) is 0 Å². The zero-order chi connectivity index (χ0) is 10.1. The highest BCUT2D eigenvalue weighted by molar-refractivity contribution is 5.07. The maximum atomic E-state index is 5.89. The van der Waals surface area contributed by atoms with E-state index in [-0.39, 0.29) is 6.04 Å². The second kappa shape index (κ2) is 3.67. The Labute approximate surface area is 83.3 Å². The fourth-order valence-corrected chi connectivity index (χ4v) is 1.51. The van der Waals surface area contributed by atoms with E-state index in [4.69, 9.17) is 10.5 Å². The van der Waals surface area contributed by atoms with Gasteiger partial charge in [0.05, 0.1) is 12.6 Å². The Morgan fingerprint density at radius 3 is 2.93 bits per heavy atom. The van der Waals surface area contributed by atoms with Crippen LogP contribution >= 0.6 is 0 Å². The minimum Gasteiger partial charge on any atom is -0.383 e. The third-order valence-corrected chi connectivity index (χ3v) is 2.43. The molecule has 2 rings (SSSR count). The molecule has 1 heterocycles. The molecule has 2 N–H and O–H groups in total. The van der Waals surface area contributed by atoms with E-state index in [1.807, 2.05) is 7.05 Å². The zero-order valence-electron chi connectivity index (χ0n) is 8.60. The molecular weight excluding hydrogens is 180 g/mol. The molecule has 0 aliphatic heterocycles. The van der Waals surface area contributed by atoms with Crippen LogP contribution in [0.25, 0.3) is 0 Å². The quantitative estimate of drug-likeness (QED) is 0.754. The first-order valence-corrected chi connectivity index (χ1v) is 4.87. The summed E-state index contributed by atoms with van der Waals surface area (Å²) in [4.78, 5) is 4.44. The number of hydrogen-bond donors (Lipinski definition) is 1. The summed E-state index contributed by atoms with van der Waals surface area (Å²) < 4.78 is 6.75. The first kappa shape index (κ1) is 9.61. The third-order valence-electron chi connectivity index (χ3n) is 2.43. The minimum absolute atomic E-state index is 0.176. The van der Waals surface area contributed by atoms with Crippen molar-refractivity contribution in [3.05, 3.63) is 11.6 Å². The summed E-state index contributed by atoms with van der Waals surface area (Å²) in [6, 6.07) is -0.176. The maximum Gasteiger partial charge on any atom is 0.154 e. The molecule has 0 radical (unpaired) electrons. The highest BCUT2D eigenvalue weighted by Gasteiger charge is 2.29. The van der Waals surface area contributed by atoms with Crippen molar-refractivity contribution in [2.24, 2.45) is 12.8 Å². The van der Waals surface area contributed by atoms with Crippen LogP contribution in [0.5, 0.6) is 0 Å². The van der Waals surface area contributed by atoms with Crippen LogP contribution < -0.4 is 5.73 Å². The van der Waals surface area contributed by atoms with Crippen LogP contribution in [0.15, 0.2) is 0 Å². The van der Waals surface area contributed by atoms with E-state index >= 15 is 0 Å². The standard InChI is InChI=1S/C9H16N4O/c1-13-9(7(10)5-14-2)11-8(12-13)6-3-4-6/h6-7H,3-5,10H2,1-2H3. The van der Waals surface area contributed by atoms with Crippen LogP contribution in [0.2, 0.25) is 0 Å². The largest absolute Gasteiger partial charge is 0.383 e. The topological polar surface area (TPSA) is 66.0 Å². The Balaban J connectivity index is 2.15. The van der Waals surface area contributed by atoms with E-state index in [0.29, 0.717) is 12.5 Å². The lowest BCUT2D eigenvalue weighted by atomic mass is 10.3. The highest BCUT2D eigenvalue weighted by atomic mass is 16.5. The highest BCUT2D eigenvalue weighted by Crippen LogP contribution is 2.38. The van der Waals surface area contributed by atoms with Crippen molar-refractivity contribution in [1.82, 2.24) is 14.8 Å². The summed E-state index contributed by atoms with van der Waals surface area (Å²) in [7, 11) is 3.52. The molecule has 1 aliphatic rings. The molecule has 1 atom stereocenters. The zero-order valence-corrected chi connectivity index (χ0v) is 8.60. The van der Waals surface area contributed by atoms with Crippen molar-refractivity contribution < 1.29 is 4.74 Å². The van der Waals surface area contributed by atoms with Gasteiger partial charge in [-0.1, -0.05) is 0 Å². The molecule has 0 bridgehead atoms. The lowest BCUT2D eigenvalue weighted by Crippen LogP contribution is -2.20. The number of aromatic nitrogens is 3. The molecular formula is C9H16N4O. The molecule has 0 saturated heterocycles. The molecule has 5 heteroatoms. The Kier molecular flexibility index (Phi) is 2.52. The normalized spacial score (nSPS) is 18.5. The number of nitrogens with zero attached hydrogens (tertiary/aromatic N) is 3. The van der Waals surface area contributed by atoms with Crippen molar-refractivity contribution in [3.8, 4) is 0 Å². The summed E-state index contributed by atoms with van der Waals surface area (Å²) in [5, 5.41) is 4.35. The smallest absolute Gasteiger partial charge is 0.154 e. The predicted octanol–water partition coefficient (Wildman–Crippen LogP) is 0.339. The van der Waals surface area contributed by atoms with Gasteiger partial charge in [0.15, 0.2) is 5.82 Å². The number of rotatable bonds is 4. The second-order valence-corrected chi connectivity index (χ2v) is 3.79. The first-order valence-electron chi connectivity index (χ1n) is 4.87. The SMILES string of the molecule is COCC(N)c1nc(C2CC2)nn1C. The van der Waals surface area contributed by atoms with Gasteiger partial charge >= 0.3 is 0 Å². The average Bonchev–Trinajstić information content (AvgIpc) is 2.91. The van der Waals surface area contributed by atoms with E-state index < -0.39 is 0 Å². The van der Waals surface area contributed by atoms with E-state index in [9.17, 15) is 0 Å². The van der Waals surface area contributed by atoms with Crippen molar-refractivity contribution in [2.45, 2.75) is 24.8 Å². The van der Waals surface area contributed by atoms with Gasteiger partial charge in [0.25, 0.3) is 0 Å². The van der Waals surface area contributed by atoms with Gasteiger partial charge in [-0.25, -0.2) is 4.98 Å². The number of hydrogen-bond acceptors (Lipinski definition) is 4. The molecule has 1 aromatic heterocycles. The second-order valence-electron chi connectivity index (χ2n) is 3.79. The molecule has 1 aromatic rings. The predicted molar refractivity (Wildman–Crippen MR) is 51.8 cm³/mol. The lowest BCUT2D eigenvalue weighted by Gasteiger charge is -2.07. The van der Waals surface area contributed by atoms with Gasteiger partial charge in [0.2, 0.25) is 0 Å². The van der Waals surface area contributed by atoms with E-state index in [1.54, 1.807) is 11.8 Å². The molecule has 0 spiro atoms. The summed E-state index contributed by atoms with van der Waals surface area (Å²) in [5.41, 5.74) is 5.89. The molecule has 1 fully saturated rings. The Bertz CT molecular complexity index is 319. The minimum atomic E-state index is -0.176. The Morgan fingerprint density at radius 1 is 1.64 bits per heavy atom. The summed E-state index contributed by atoms with van der Waals surface area (Å²) in [5.74, 6) is 2.33. The maximum absolute atomic E-state index is 5.89. The van der Waals surface area contributed by atoms with Gasteiger partial charge in [-0.2, -0.15) is 5.10 Å². The van der Waals surface area contributed by atoms with Crippen molar-refractivity contribution in [2.75, 3.05) is 13.7 Å². The van der Waals surface area contributed by atoms with E-state index in [1.165, 1.54) is 12.8 Å². The summed E-state index contributed by atoms with van der Waals surface area (Å²) in [6.07, 6.45) is 2.42. The molecule has 78 valence electrons. The molecule has 1 saturated carbocycles. The van der Waals surface area contributed by atoms with Gasteiger partial charge < -0.3 is 10.5 Å². The lowest BCUT2D eigenvalue weighted by molar-refractivity contribution is 0.177. The summed E-state index contributed by atoms with van der Waals surface area (Å²) in [6.45, 7) is 0.483. The van der Waals surface area contributed by atoms with E-state index in [0.717, 1.165) is 11.6 Å². The van der Waals surface area contributed by atoms with Gasteiger partial charge in [-0.3, -0.25) is 4.68 Å². The van der Waals surface area contributed by atoms with Crippen LogP contribution in [0.1, 0.15) is 36.5 Å². The van der Waals surface area contributed by atoms with Crippen LogP contribution in [0, 0.1) is 0 Å².